The van der Waals surface area contributed by atoms with Crippen molar-refractivity contribution in [3.8, 4) is 0 Å². The van der Waals surface area contributed by atoms with E-state index in [1.807, 2.05) is 6.07 Å². The number of nitrogens with zero attached hydrogens (tertiary/aromatic N) is 3. The van der Waals surface area contributed by atoms with Gasteiger partial charge < -0.3 is 4.90 Å². The van der Waals surface area contributed by atoms with E-state index in [4.69, 9.17) is 0 Å². The highest BCUT2D eigenvalue weighted by Gasteiger charge is 2.21. The molecule has 18 heavy (non-hydrogen) atoms. The third kappa shape index (κ3) is 1.98. The minimum atomic E-state index is 0.314. The van der Waals surface area contributed by atoms with Crippen LogP contribution in [0.3, 0.4) is 0 Å². The second kappa shape index (κ2) is 4.80. The summed E-state index contributed by atoms with van der Waals surface area (Å²) in [7, 11) is 0. The van der Waals surface area contributed by atoms with Crippen molar-refractivity contribution in [2.24, 2.45) is 0 Å². The average Bonchev–Trinajstić information content (AvgIpc) is 2.78. The fourth-order valence-corrected chi connectivity index (χ4v) is 2.35. The molecule has 0 spiro atoms. The second-order valence-corrected chi connectivity index (χ2v) is 4.73. The quantitative estimate of drug-likeness (QED) is 0.896. The molecule has 4 nitrogen and oxygen atoms in total. The molecule has 1 aliphatic heterocycles. The smallest absolute Gasteiger partial charge is 0.244 e. The second-order valence-electron chi connectivity index (χ2n) is 4.73. The largest absolute Gasteiger partial charge is 0.339 e. The van der Waals surface area contributed by atoms with Crippen molar-refractivity contribution in [2.45, 2.75) is 25.7 Å². The number of anilines is 1. The Kier molecular flexibility index (Phi) is 3.00. The van der Waals surface area contributed by atoms with Crippen molar-refractivity contribution in [1.82, 2.24) is 15.2 Å². The highest BCUT2D eigenvalue weighted by Crippen LogP contribution is 2.26. The van der Waals surface area contributed by atoms with Crippen LogP contribution in [0.25, 0.3) is 0 Å². The number of H-pyrrole nitrogens is 1. The molecular formula is C14H18N4. The molecule has 3 rings (SSSR count). The first-order chi connectivity index (χ1) is 8.88. The number of aromatic amines is 1. The van der Waals surface area contributed by atoms with E-state index in [-0.39, 0.29) is 0 Å². The Balaban J connectivity index is 1.85. The molecule has 4 heteroatoms. The topological polar surface area (TPSA) is 44.8 Å². The van der Waals surface area contributed by atoms with E-state index in [0.29, 0.717) is 5.92 Å². The number of hydrogen-bond donors (Lipinski definition) is 1. The molecule has 1 N–H and O–H groups in total. The molecule has 0 amide bonds. The van der Waals surface area contributed by atoms with Crippen molar-refractivity contribution in [3.63, 3.8) is 0 Å². The maximum atomic E-state index is 4.64. The van der Waals surface area contributed by atoms with Crippen molar-refractivity contribution in [3.05, 3.63) is 41.7 Å². The van der Waals surface area contributed by atoms with Gasteiger partial charge in [0, 0.05) is 19.0 Å². The molecule has 0 radical (unpaired) electrons. The van der Waals surface area contributed by atoms with Crippen LogP contribution in [-0.4, -0.2) is 28.3 Å². The summed E-state index contributed by atoms with van der Waals surface area (Å²) >= 11 is 0. The van der Waals surface area contributed by atoms with E-state index in [9.17, 15) is 0 Å². The van der Waals surface area contributed by atoms with Crippen LogP contribution in [0.4, 0.5) is 5.95 Å². The zero-order valence-electron chi connectivity index (χ0n) is 10.6. The van der Waals surface area contributed by atoms with Crippen LogP contribution in [0.5, 0.6) is 0 Å². The van der Waals surface area contributed by atoms with Gasteiger partial charge in [-0.25, -0.2) is 0 Å². The van der Waals surface area contributed by atoms with Crippen molar-refractivity contribution < 1.29 is 0 Å². The Hall–Kier alpha value is -1.84. The number of hydrogen-bond acceptors (Lipinski definition) is 3. The SMILES string of the molecule is CCC(c1ccccc1)c1nc(N2CCC2)n[nH]1. The van der Waals surface area contributed by atoms with E-state index < -0.39 is 0 Å². The van der Waals surface area contributed by atoms with Gasteiger partial charge in [0.05, 0.1) is 0 Å². The molecule has 1 fully saturated rings. The molecule has 0 saturated carbocycles. The molecule has 1 aromatic carbocycles. The lowest BCUT2D eigenvalue weighted by molar-refractivity contribution is 0.601. The van der Waals surface area contributed by atoms with Crippen LogP contribution >= 0.6 is 0 Å². The predicted molar refractivity (Wildman–Crippen MR) is 71.8 cm³/mol. The zero-order chi connectivity index (χ0) is 12.4. The van der Waals surface area contributed by atoms with Crippen LogP contribution in [0.15, 0.2) is 30.3 Å². The monoisotopic (exact) mass is 242 g/mol. The van der Waals surface area contributed by atoms with Crippen molar-refractivity contribution in [2.75, 3.05) is 18.0 Å². The van der Waals surface area contributed by atoms with Crippen LogP contribution in [0, 0.1) is 0 Å². The van der Waals surface area contributed by atoms with Gasteiger partial charge >= 0.3 is 0 Å². The van der Waals surface area contributed by atoms with E-state index in [1.165, 1.54) is 12.0 Å². The Morgan fingerprint density at radius 2 is 2.06 bits per heavy atom. The maximum absolute atomic E-state index is 4.64. The molecule has 94 valence electrons. The summed E-state index contributed by atoms with van der Waals surface area (Å²) in [4.78, 5) is 6.85. The van der Waals surface area contributed by atoms with Crippen molar-refractivity contribution >= 4 is 5.95 Å². The van der Waals surface area contributed by atoms with E-state index in [0.717, 1.165) is 31.3 Å². The van der Waals surface area contributed by atoms with E-state index in [2.05, 4.69) is 51.3 Å². The summed E-state index contributed by atoms with van der Waals surface area (Å²) in [5.41, 5.74) is 1.30. The fraction of sp³-hybridized carbons (Fsp3) is 0.429. The predicted octanol–water partition coefficient (Wildman–Crippen LogP) is 2.56. The first-order valence-electron chi connectivity index (χ1n) is 6.60. The molecular weight excluding hydrogens is 224 g/mol. The van der Waals surface area contributed by atoms with Gasteiger partial charge in [-0.15, -0.1) is 5.10 Å². The number of aromatic nitrogens is 3. The Morgan fingerprint density at radius 1 is 1.28 bits per heavy atom. The van der Waals surface area contributed by atoms with E-state index in [1.54, 1.807) is 0 Å². The summed E-state index contributed by atoms with van der Waals surface area (Å²) in [6.07, 6.45) is 2.28. The van der Waals surface area contributed by atoms with Gasteiger partial charge in [0.2, 0.25) is 5.95 Å². The fourth-order valence-electron chi connectivity index (χ4n) is 2.35. The molecule has 2 heterocycles. The van der Waals surface area contributed by atoms with Crippen LogP contribution in [-0.2, 0) is 0 Å². The minimum Gasteiger partial charge on any atom is -0.339 e. The van der Waals surface area contributed by atoms with Crippen LogP contribution < -0.4 is 4.90 Å². The summed E-state index contributed by atoms with van der Waals surface area (Å²) in [5, 5.41) is 7.42. The summed E-state index contributed by atoms with van der Waals surface area (Å²) in [6.45, 7) is 4.35. The van der Waals surface area contributed by atoms with Crippen molar-refractivity contribution in [1.29, 1.82) is 0 Å². The van der Waals surface area contributed by atoms with Gasteiger partial charge in [-0.3, -0.25) is 5.10 Å². The van der Waals surface area contributed by atoms with Gasteiger partial charge in [0.15, 0.2) is 0 Å². The van der Waals surface area contributed by atoms with Gasteiger partial charge in [0.1, 0.15) is 5.82 Å². The Labute approximate surface area is 107 Å². The maximum Gasteiger partial charge on any atom is 0.244 e. The number of nitrogens with one attached hydrogen (secondary N) is 1. The van der Waals surface area contributed by atoms with Gasteiger partial charge in [-0.1, -0.05) is 37.3 Å². The van der Waals surface area contributed by atoms with Gasteiger partial charge in [-0.05, 0) is 18.4 Å². The molecule has 1 aromatic heterocycles. The summed E-state index contributed by atoms with van der Waals surface area (Å²) in [5.74, 6) is 2.14. The third-order valence-electron chi connectivity index (χ3n) is 3.57. The molecule has 1 unspecified atom stereocenters. The summed E-state index contributed by atoms with van der Waals surface area (Å²) < 4.78 is 0. The number of benzene rings is 1. The van der Waals surface area contributed by atoms with Crippen LogP contribution in [0.1, 0.15) is 37.1 Å². The Morgan fingerprint density at radius 3 is 2.67 bits per heavy atom. The lowest BCUT2D eigenvalue weighted by Gasteiger charge is -2.29. The molecule has 0 aliphatic carbocycles. The zero-order valence-corrected chi connectivity index (χ0v) is 10.6. The number of rotatable bonds is 4. The average molecular weight is 242 g/mol. The molecule has 0 bridgehead atoms. The third-order valence-corrected chi connectivity index (χ3v) is 3.57. The lowest BCUT2D eigenvalue weighted by atomic mass is 9.96. The first kappa shape index (κ1) is 11.3. The van der Waals surface area contributed by atoms with Crippen LogP contribution in [0.2, 0.25) is 0 Å². The standard InChI is InChI=1S/C14H18N4/c1-2-12(11-7-4-3-5-8-11)13-15-14(17-16-13)18-9-6-10-18/h3-5,7-8,12H,2,6,9-10H2,1H3,(H,15,16,17). The normalized spacial score (nSPS) is 16.4. The molecule has 1 aliphatic rings. The highest BCUT2D eigenvalue weighted by atomic mass is 15.4. The van der Waals surface area contributed by atoms with E-state index >= 15 is 0 Å². The lowest BCUT2D eigenvalue weighted by Crippen LogP contribution is -2.37. The van der Waals surface area contributed by atoms with Gasteiger partial charge in [-0.2, -0.15) is 4.98 Å². The van der Waals surface area contributed by atoms with Gasteiger partial charge in [0.25, 0.3) is 0 Å². The molecule has 2 aromatic rings. The first-order valence-corrected chi connectivity index (χ1v) is 6.60. The Bertz CT molecular complexity index is 502. The summed E-state index contributed by atoms with van der Waals surface area (Å²) in [6, 6.07) is 10.5. The molecule has 1 saturated heterocycles. The minimum absolute atomic E-state index is 0.314. The highest BCUT2D eigenvalue weighted by molar-refractivity contribution is 5.34. The molecule has 1 atom stereocenters.